The number of sulfonamides is 1. The van der Waals surface area contributed by atoms with Gasteiger partial charge in [0, 0.05) is 13.1 Å². The normalized spacial score (nSPS) is 18.1. The van der Waals surface area contributed by atoms with Gasteiger partial charge in [0.2, 0.25) is 5.91 Å². The molecule has 0 unspecified atom stereocenters. The lowest BCUT2D eigenvalue weighted by Gasteiger charge is -2.30. The number of thiophene rings is 1. The maximum Gasteiger partial charge on any atom is 0.252 e. The molecule has 0 saturated carbocycles. The highest BCUT2D eigenvalue weighted by atomic mass is 79.9. The van der Waals surface area contributed by atoms with Crippen LogP contribution in [-0.4, -0.2) is 43.8 Å². The summed E-state index contributed by atoms with van der Waals surface area (Å²) in [5.74, 6) is 0.110. The van der Waals surface area contributed by atoms with Crippen LogP contribution < -0.4 is 10.1 Å². The van der Waals surface area contributed by atoms with E-state index in [2.05, 4.69) is 26.2 Å². The Morgan fingerprint density at radius 1 is 1.31 bits per heavy atom. The van der Waals surface area contributed by atoms with E-state index in [1.54, 1.807) is 19.2 Å². The van der Waals surface area contributed by atoms with Crippen molar-refractivity contribution < 1.29 is 17.9 Å². The topological polar surface area (TPSA) is 88.6 Å². The second kappa shape index (κ2) is 8.31. The van der Waals surface area contributed by atoms with E-state index in [0.717, 1.165) is 19.8 Å². The van der Waals surface area contributed by atoms with Crippen molar-refractivity contribution in [1.29, 1.82) is 0 Å². The molecular formula is C18H18BrN3O4S3. The quantitative estimate of drug-likeness (QED) is 0.550. The van der Waals surface area contributed by atoms with Crippen molar-refractivity contribution in [3.8, 4) is 5.75 Å². The van der Waals surface area contributed by atoms with Crippen molar-refractivity contribution in [2.24, 2.45) is 5.92 Å². The van der Waals surface area contributed by atoms with Gasteiger partial charge in [-0.15, -0.1) is 11.3 Å². The monoisotopic (exact) mass is 515 g/mol. The molecule has 1 N–H and O–H groups in total. The third-order valence-corrected chi connectivity index (χ3v) is 9.61. The van der Waals surface area contributed by atoms with E-state index in [0.29, 0.717) is 24.5 Å². The number of piperidine rings is 1. The highest BCUT2D eigenvalue weighted by Gasteiger charge is 2.34. The molecule has 0 aliphatic carbocycles. The Morgan fingerprint density at radius 3 is 2.86 bits per heavy atom. The minimum Gasteiger partial charge on any atom is -0.497 e. The lowest BCUT2D eigenvalue weighted by Crippen LogP contribution is -2.43. The number of carbonyl (C=O) groups excluding carboxylic acids is 1. The van der Waals surface area contributed by atoms with Crippen molar-refractivity contribution in [2.45, 2.75) is 17.1 Å². The third-order valence-electron chi connectivity index (χ3n) is 4.72. The van der Waals surface area contributed by atoms with Gasteiger partial charge in [-0.3, -0.25) is 4.79 Å². The number of fused-ring (bicyclic) bond motifs is 1. The Labute approximate surface area is 184 Å². The predicted octanol–water partition coefficient (Wildman–Crippen LogP) is 4.17. The van der Waals surface area contributed by atoms with Crippen LogP contribution in [0.5, 0.6) is 5.75 Å². The average molecular weight is 516 g/mol. The second-order valence-electron chi connectivity index (χ2n) is 6.60. The number of nitrogens with one attached hydrogen (secondary N) is 1. The molecule has 0 bridgehead atoms. The Hall–Kier alpha value is -1.53. The molecule has 4 rings (SSSR count). The van der Waals surface area contributed by atoms with Gasteiger partial charge in [-0.25, -0.2) is 13.4 Å². The van der Waals surface area contributed by atoms with Gasteiger partial charge in [-0.1, -0.05) is 11.3 Å². The van der Waals surface area contributed by atoms with E-state index in [4.69, 9.17) is 4.74 Å². The van der Waals surface area contributed by atoms with E-state index >= 15 is 0 Å². The number of hydrogen-bond donors (Lipinski definition) is 1. The van der Waals surface area contributed by atoms with Crippen LogP contribution in [0, 0.1) is 5.92 Å². The molecular weight excluding hydrogens is 498 g/mol. The number of ether oxygens (including phenoxy) is 1. The number of anilines is 1. The SMILES string of the molecule is COc1ccc2nc(NC(=O)[C@H]3CCCN(S(=O)(=O)c4ccc(Br)s4)C3)sc2c1. The number of methoxy groups -OCH3 is 1. The molecule has 154 valence electrons. The summed E-state index contributed by atoms with van der Waals surface area (Å²) < 4.78 is 34.3. The fourth-order valence-corrected chi connectivity index (χ4v) is 7.82. The number of amides is 1. The molecule has 3 heterocycles. The average Bonchev–Trinajstić information content (AvgIpc) is 3.33. The largest absolute Gasteiger partial charge is 0.497 e. The lowest BCUT2D eigenvalue weighted by molar-refractivity contribution is -0.120. The van der Waals surface area contributed by atoms with Gasteiger partial charge in [0.25, 0.3) is 10.0 Å². The van der Waals surface area contributed by atoms with Crippen LogP contribution in [0.3, 0.4) is 0 Å². The molecule has 0 spiro atoms. The van der Waals surface area contributed by atoms with Crippen LogP contribution in [0.25, 0.3) is 10.2 Å². The Balaban J connectivity index is 1.47. The molecule has 29 heavy (non-hydrogen) atoms. The van der Waals surface area contributed by atoms with Crippen molar-refractivity contribution in [3.63, 3.8) is 0 Å². The number of nitrogens with zero attached hydrogens (tertiary/aromatic N) is 2. The minimum absolute atomic E-state index is 0.169. The summed E-state index contributed by atoms with van der Waals surface area (Å²) in [6.07, 6.45) is 1.28. The molecule has 3 aromatic rings. The van der Waals surface area contributed by atoms with Gasteiger partial charge >= 0.3 is 0 Å². The fraction of sp³-hybridized carbons (Fsp3) is 0.333. The van der Waals surface area contributed by atoms with E-state index in [1.807, 2.05) is 18.2 Å². The van der Waals surface area contributed by atoms with Crippen molar-refractivity contribution in [1.82, 2.24) is 9.29 Å². The molecule has 1 atom stereocenters. The van der Waals surface area contributed by atoms with Gasteiger partial charge in [0.1, 0.15) is 9.96 Å². The van der Waals surface area contributed by atoms with Gasteiger partial charge in [-0.05, 0) is 59.1 Å². The lowest BCUT2D eigenvalue weighted by atomic mass is 9.99. The summed E-state index contributed by atoms with van der Waals surface area (Å²) in [7, 11) is -1.99. The number of aromatic nitrogens is 1. The molecule has 7 nitrogen and oxygen atoms in total. The first-order valence-corrected chi connectivity index (χ1v) is 12.7. The molecule has 11 heteroatoms. The molecule has 0 radical (unpaired) electrons. The van der Waals surface area contributed by atoms with E-state index < -0.39 is 15.9 Å². The molecule has 2 aromatic heterocycles. The number of halogens is 1. The standard InChI is InChI=1S/C18H18BrN3O4S3/c1-26-12-4-5-13-14(9-12)27-18(20-13)21-17(23)11-3-2-8-22(10-11)29(24,25)16-7-6-15(19)28-16/h4-7,9,11H,2-3,8,10H2,1H3,(H,20,21,23)/t11-/m0/s1. The van der Waals surface area contributed by atoms with Crippen LogP contribution in [0.1, 0.15) is 12.8 Å². The van der Waals surface area contributed by atoms with Gasteiger partial charge in [-0.2, -0.15) is 4.31 Å². The van der Waals surface area contributed by atoms with Gasteiger partial charge in [0.05, 0.1) is 27.0 Å². The summed E-state index contributed by atoms with van der Waals surface area (Å²) in [5, 5.41) is 3.36. The number of benzene rings is 1. The number of carbonyl (C=O) groups is 1. The Kier molecular flexibility index (Phi) is 5.94. The predicted molar refractivity (Wildman–Crippen MR) is 118 cm³/mol. The number of hydrogen-bond acceptors (Lipinski definition) is 7. The third kappa shape index (κ3) is 4.33. The van der Waals surface area contributed by atoms with Crippen LogP contribution in [0.2, 0.25) is 0 Å². The summed E-state index contributed by atoms with van der Waals surface area (Å²) >= 11 is 5.84. The maximum atomic E-state index is 12.9. The molecule has 1 aromatic carbocycles. The molecule has 1 aliphatic rings. The van der Waals surface area contributed by atoms with E-state index in [-0.39, 0.29) is 16.7 Å². The number of rotatable bonds is 5. The summed E-state index contributed by atoms with van der Waals surface area (Å²) in [6.45, 7) is 0.588. The molecule has 1 aliphatic heterocycles. The zero-order valence-corrected chi connectivity index (χ0v) is 19.5. The van der Waals surface area contributed by atoms with Crippen molar-refractivity contribution in [3.05, 3.63) is 34.1 Å². The first kappa shape index (κ1) is 20.7. The highest BCUT2D eigenvalue weighted by Crippen LogP contribution is 2.32. The van der Waals surface area contributed by atoms with Crippen LogP contribution >= 0.6 is 38.6 Å². The van der Waals surface area contributed by atoms with Crippen LogP contribution in [0.15, 0.2) is 38.3 Å². The summed E-state index contributed by atoms with van der Waals surface area (Å²) in [6, 6.07) is 8.84. The van der Waals surface area contributed by atoms with E-state index in [9.17, 15) is 13.2 Å². The number of thiazole rings is 1. The van der Waals surface area contributed by atoms with Crippen molar-refractivity contribution in [2.75, 3.05) is 25.5 Å². The maximum absolute atomic E-state index is 12.9. The summed E-state index contributed by atoms with van der Waals surface area (Å²) in [4.78, 5) is 17.2. The van der Waals surface area contributed by atoms with Gasteiger partial charge in [0.15, 0.2) is 5.13 Å². The zero-order chi connectivity index (χ0) is 20.6. The molecule has 1 amide bonds. The fourth-order valence-electron chi connectivity index (χ4n) is 3.23. The molecule has 1 fully saturated rings. The first-order chi connectivity index (χ1) is 13.9. The summed E-state index contributed by atoms with van der Waals surface area (Å²) in [5.41, 5.74) is 0.780. The zero-order valence-electron chi connectivity index (χ0n) is 15.4. The van der Waals surface area contributed by atoms with Crippen molar-refractivity contribution >= 4 is 69.9 Å². The molecule has 1 saturated heterocycles. The highest BCUT2D eigenvalue weighted by molar-refractivity contribution is 9.11. The van der Waals surface area contributed by atoms with Gasteiger partial charge < -0.3 is 10.1 Å². The van der Waals surface area contributed by atoms with Crippen LogP contribution in [-0.2, 0) is 14.8 Å². The Morgan fingerprint density at radius 2 is 2.14 bits per heavy atom. The van der Waals surface area contributed by atoms with E-state index in [1.165, 1.54) is 27.0 Å². The second-order valence-corrected chi connectivity index (χ2v) is 12.3. The minimum atomic E-state index is -3.59. The first-order valence-electron chi connectivity index (χ1n) is 8.88. The van der Waals surface area contributed by atoms with Crippen LogP contribution in [0.4, 0.5) is 5.13 Å². The Bertz CT molecular complexity index is 1160. The smallest absolute Gasteiger partial charge is 0.252 e.